The van der Waals surface area contributed by atoms with E-state index >= 15 is 0 Å². The molecular formula is C20H36N4OS. The summed E-state index contributed by atoms with van der Waals surface area (Å²) in [4.78, 5) is 9.50. The van der Waals surface area contributed by atoms with Crippen LogP contribution in [0, 0.1) is 5.41 Å². The van der Waals surface area contributed by atoms with Crippen molar-refractivity contribution in [1.29, 1.82) is 0 Å². The highest BCUT2D eigenvalue weighted by molar-refractivity contribution is 7.09. The quantitative estimate of drug-likeness (QED) is 0.522. The van der Waals surface area contributed by atoms with Crippen molar-refractivity contribution < 1.29 is 5.11 Å². The first kappa shape index (κ1) is 21.2. The first-order valence-corrected chi connectivity index (χ1v) is 10.8. The summed E-state index contributed by atoms with van der Waals surface area (Å²) in [7, 11) is 0. The van der Waals surface area contributed by atoms with E-state index in [1.807, 2.05) is 0 Å². The number of aliphatic imine (C=N–C) groups is 1. The monoisotopic (exact) mass is 380 g/mol. The zero-order valence-electron chi connectivity index (χ0n) is 17.1. The molecule has 26 heavy (non-hydrogen) atoms. The molecule has 1 fully saturated rings. The van der Waals surface area contributed by atoms with Crippen molar-refractivity contribution in [2.24, 2.45) is 10.4 Å². The lowest BCUT2D eigenvalue weighted by molar-refractivity contribution is 0.00716. The molecule has 5 nitrogen and oxygen atoms in total. The Hall–Kier alpha value is -1.14. The molecule has 0 spiro atoms. The number of aromatic nitrogens is 1. The van der Waals surface area contributed by atoms with Crippen LogP contribution < -0.4 is 10.6 Å². The summed E-state index contributed by atoms with van der Waals surface area (Å²) in [6.07, 6.45) is 4.91. The lowest BCUT2D eigenvalue weighted by Crippen LogP contribution is -2.42. The minimum absolute atomic E-state index is 0.0997. The highest BCUT2D eigenvalue weighted by Gasteiger charge is 2.35. The van der Waals surface area contributed by atoms with Gasteiger partial charge in [0, 0.05) is 35.7 Å². The number of aliphatic hydroxyl groups excluding tert-OH is 1. The van der Waals surface area contributed by atoms with Gasteiger partial charge < -0.3 is 15.7 Å². The molecule has 0 radical (unpaired) electrons. The van der Waals surface area contributed by atoms with Gasteiger partial charge in [-0.25, -0.2) is 4.98 Å². The maximum atomic E-state index is 10.3. The number of guanidine groups is 1. The lowest BCUT2D eigenvalue weighted by atomic mass is 9.73. The second kappa shape index (κ2) is 9.18. The minimum Gasteiger partial charge on any atom is -0.392 e. The Kier molecular flexibility index (Phi) is 7.47. The van der Waals surface area contributed by atoms with Crippen LogP contribution in [0.4, 0.5) is 0 Å². The molecule has 1 saturated carbocycles. The second-order valence-electron chi connectivity index (χ2n) is 8.66. The molecule has 0 saturated heterocycles. The van der Waals surface area contributed by atoms with Crippen molar-refractivity contribution in [2.75, 3.05) is 19.6 Å². The third-order valence-corrected chi connectivity index (χ3v) is 6.08. The summed E-state index contributed by atoms with van der Waals surface area (Å²) in [6, 6.07) is 0. The van der Waals surface area contributed by atoms with Crippen LogP contribution in [0.5, 0.6) is 0 Å². The fraction of sp³-hybridized carbons (Fsp3) is 0.800. The molecule has 0 aliphatic heterocycles. The van der Waals surface area contributed by atoms with Crippen molar-refractivity contribution >= 4 is 17.3 Å². The minimum atomic E-state index is -0.242. The van der Waals surface area contributed by atoms with Crippen molar-refractivity contribution in [1.82, 2.24) is 15.6 Å². The molecule has 0 amide bonds. The van der Waals surface area contributed by atoms with Gasteiger partial charge in [0.2, 0.25) is 0 Å². The summed E-state index contributed by atoms with van der Waals surface area (Å²) < 4.78 is 0. The molecule has 3 N–H and O–H groups in total. The van der Waals surface area contributed by atoms with Crippen molar-refractivity contribution in [3.8, 4) is 0 Å². The largest absolute Gasteiger partial charge is 0.392 e. The second-order valence-corrected chi connectivity index (χ2v) is 9.61. The number of aliphatic hydroxyl groups is 1. The van der Waals surface area contributed by atoms with E-state index in [0.717, 1.165) is 55.4 Å². The van der Waals surface area contributed by atoms with Crippen molar-refractivity contribution in [3.63, 3.8) is 0 Å². The van der Waals surface area contributed by atoms with Crippen LogP contribution in [0.25, 0.3) is 0 Å². The molecule has 2 rings (SSSR count). The number of thiazole rings is 1. The van der Waals surface area contributed by atoms with E-state index in [4.69, 9.17) is 9.98 Å². The highest BCUT2D eigenvalue weighted by atomic mass is 32.1. The summed E-state index contributed by atoms with van der Waals surface area (Å²) >= 11 is 1.73. The van der Waals surface area contributed by atoms with Crippen LogP contribution >= 0.6 is 11.3 Å². The van der Waals surface area contributed by atoms with E-state index < -0.39 is 0 Å². The first-order chi connectivity index (χ1) is 12.2. The lowest BCUT2D eigenvalue weighted by Gasteiger charge is -2.37. The van der Waals surface area contributed by atoms with Gasteiger partial charge in [0.05, 0.1) is 23.4 Å². The van der Waals surface area contributed by atoms with E-state index in [1.165, 1.54) is 6.42 Å². The fourth-order valence-corrected chi connectivity index (χ4v) is 4.25. The number of nitrogens with zero attached hydrogens (tertiary/aromatic N) is 2. The average molecular weight is 381 g/mol. The Morgan fingerprint density at radius 2 is 2.15 bits per heavy atom. The van der Waals surface area contributed by atoms with Gasteiger partial charge in [0.25, 0.3) is 0 Å². The molecule has 2 atom stereocenters. The van der Waals surface area contributed by atoms with Gasteiger partial charge >= 0.3 is 0 Å². The Bertz CT molecular complexity index is 593. The summed E-state index contributed by atoms with van der Waals surface area (Å²) in [5.41, 5.74) is 1.17. The zero-order valence-corrected chi connectivity index (χ0v) is 17.9. The van der Waals surface area contributed by atoms with Crippen LogP contribution in [-0.4, -0.2) is 41.8 Å². The Balaban J connectivity index is 1.88. The maximum Gasteiger partial charge on any atom is 0.191 e. The van der Waals surface area contributed by atoms with E-state index in [9.17, 15) is 5.11 Å². The SMILES string of the molecule is CCNC(=NCC1(C)CCCCC1O)NCCc1nc(C(C)(C)C)cs1. The molecule has 0 aromatic carbocycles. The van der Waals surface area contributed by atoms with Gasteiger partial charge in [-0.15, -0.1) is 11.3 Å². The Morgan fingerprint density at radius 1 is 1.38 bits per heavy atom. The van der Waals surface area contributed by atoms with Gasteiger partial charge in [0.1, 0.15) is 0 Å². The van der Waals surface area contributed by atoms with Crippen LogP contribution in [0.2, 0.25) is 0 Å². The smallest absolute Gasteiger partial charge is 0.191 e. The molecule has 1 aromatic heterocycles. The van der Waals surface area contributed by atoms with Gasteiger partial charge in [-0.05, 0) is 19.8 Å². The van der Waals surface area contributed by atoms with E-state index in [2.05, 4.69) is 50.6 Å². The fourth-order valence-electron chi connectivity index (χ4n) is 3.23. The average Bonchev–Trinajstić information content (AvgIpc) is 3.05. The normalized spacial score (nSPS) is 24.5. The van der Waals surface area contributed by atoms with E-state index in [0.29, 0.717) is 6.54 Å². The maximum absolute atomic E-state index is 10.3. The zero-order chi connectivity index (χ0) is 19.2. The number of rotatable bonds is 6. The Labute approximate surface area is 162 Å². The number of hydrogen-bond donors (Lipinski definition) is 3. The van der Waals surface area contributed by atoms with E-state index in [1.54, 1.807) is 11.3 Å². The summed E-state index contributed by atoms with van der Waals surface area (Å²) in [5, 5.41) is 20.4. The molecule has 1 aromatic rings. The first-order valence-electron chi connectivity index (χ1n) is 9.90. The molecule has 6 heteroatoms. The molecular weight excluding hydrogens is 344 g/mol. The predicted molar refractivity (Wildman–Crippen MR) is 111 cm³/mol. The molecule has 2 unspecified atom stereocenters. The molecule has 0 bridgehead atoms. The van der Waals surface area contributed by atoms with Crippen LogP contribution in [-0.2, 0) is 11.8 Å². The highest BCUT2D eigenvalue weighted by Crippen LogP contribution is 2.36. The summed E-state index contributed by atoms with van der Waals surface area (Å²) in [5.74, 6) is 0.832. The molecule has 148 valence electrons. The number of hydrogen-bond acceptors (Lipinski definition) is 4. The molecule has 1 aliphatic carbocycles. The van der Waals surface area contributed by atoms with E-state index in [-0.39, 0.29) is 16.9 Å². The molecule has 1 heterocycles. The summed E-state index contributed by atoms with van der Waals surface area (Å²) in [6.45, 7) is 13.1. The van der Waals surface area contributed by atoms with Gasteiger partial charge in [-0.1, -0.05) is 40.5 Å². The van der Waals surface area contributed by atoms with Crippen molar-refractivity contribution in [3.05, 3.63) is 16.1 Å². The topological polar surface area (TPSA) is 69.5 Å². The standard InChI is InChI=1S/C20H36N4OS/c1-6-21-18(23-14-20(5)11-8-7-9-16(20)25)22-12-10-17-24-15(13-26-17)19(2,3)4/h13,16,25H,6-12,14H2,1-5H3,(H2,21,22,23). The van der Waals surface area contributed by atoms with Gasteiger partial charge in [-0.2, -0.15) is 0 Å². The van der Waals surface area contributed by atoms with Gasteiger partial charge in [-0.3, -0.25) is 4.99 Å². The third kappa shape index (κ3) is 5.95. The predicted octanol–water partition coefficient (Wildman–Crippen LogP) is 3.48. The number of nitrogens with one attached hydrogen (secondary N) is 2. The van der Waals surface area contributed by atoms with Crippen molar-refractivity contribution in [2.45, 2.75) is 78.2 Å². The molecule has 1 aliphatic rings. The third-order valence-electron chi connectivity index (χ3n) is 5.17. The van der Waals surface area contributed by atoms with Crippen LogP contribution in [0.15, 0.2) is 10.4 Å². The van der Waals surface area contributed by atoms with Crippen LogP contribution in [0.1, 0.15) is 71.0 Å². The Morgan fingerprint density at radius 3 is 2.77 bits per heavy atom. The van der Waals surface area contributed by atoms with Crippen LogP contribution in [0.3, 0.4) is 0 Å². The van der Waals surface area contributed by atoms with Gasteiger partial charge in [0.15, 0.2) is 5.96 Å².